The van der Waals surface area contributed by atoms with E-state index in [1.54, 1.807) is 49.6 Å². The molecule has 0 aliphatic carbocycles. The summed E-state index contributed by atoms with van der Waals surface area (Å²) in [5.74, 6) is 0.185. The fraction of sp³-hybridized carbons (Fsp3) is 0.190. The Balaban J connectivity index is 1.93. The molecule has 0 unspecified atom stereocenters. The average Bonchev–Trinajstić information content (AvgIpc) is 2.74. The number of ether oxygens (including phenoxy) is 3. The summed E-state index contributed by atoms with van der Waals surface area (Å²) in [7, 11) is 4.53. The first kappa shape index (κ1) is 19.9. The van der Waals surface area contributed by atoms with Crippen molar-refractivity contribution >= 4 is 23.9 Å². The number of barbiturate groups is 1. The largest absolute Gasteiger partial charge is 0.497 e. The van der Waals surface area contributed by atoms with E-state index in [1.165, 1.54) is 20.3 Å². The molecule has 29 heavy (non-hydrogen) atoms. The van der Waals surface area contributed by atoms with Crippen LogP contribution in [0.4, 0.5) is 4.79 Å². The van der Waals surface area contributed by atoms with Crippen LogP contribution in [-0.4, -0.2) is 44.1 Å². The zero-order valence-electron chi connectivity index (χ0n) is 16.2. The van der Waals surface area contributed by atoms with Crippen LogP contribution in [0.3, 0.4) is 0 Å². The van der Waals surface area contributed by atoms with Gasteiger partial charge in [0.05, 0.1) is 27.9 Å². The van der Waals surface area contributed by atoms with Gasteiger partial charge in [0.15, 0.2) is 0 Å². The van der Waals surface area contributed by atoms with Crippen LogP contribution in [-0.2, 0) is 16.1 Å². The molecule has 3 rings (SSSR count). The second kappa shape index (κ2) is 8.47. The Morgan fingerprint density at radius 3 is 2.17 bits per heavy atom. The fourth-order valence-corrected chi connectivity index (χ4v) is 2.86. The lowest BCUT2D eigenvalue weighted by atomic mass is 10.1. The summed E-state index contributed by atoms with van der Waals surface area (Å²) in [6, 6.07) is 11.2. The van der Waals surface area contributed by atoms with Crippen molar-refractivity contribution in [2.75, 3.05) is 21.3 Å². The SMILES string of the molecule is COc1ccc(CN2C(=O)NC(=O)C(=Cc3cc(OC)ccc3OC)C2=O)cc1. The number of urea groups is 1. The number of hydrogen-bond donors (Lipinski definition) is 1. The van der Waals surface area contributed by atoms with Gasteiger partial charge in [-0.15, -0.1) is 0 Å². The van der Waals surface area contributed by atoms with E-state index in [9.17, 15) is 14.4 Å². The van der Waals surface area contributed by atoms with E-state index in [1.807, 2.05) is 0 Å². The third-order valence-electron chi connectivity index (χ3n) is 4.42. The minimum atomic E-state index is -0.773. The molecule has 0 aromatic heterocycles. The first-order valence-electron chi connectivity index (χ1n) is 8.70. The Morgan fingerprint density at radius 1 is 0.897 bits per heavy atom. The first-order chi connectivity index (χ1) is 14.0. The van der Waals surface area contributed by atoms with E-state index in [2.05, 4.69) is 5.32 Å². The summed E-state index contributed by atoms with van der Waals surface area (Å²) in [6.45, 7) is 0.00846. The van der Waals surface area contributed by atoms with Crippen molar-refractivity contribution in [1.82, 2.24) is 10.2 Å². The van der Waals surface area contributed by atoms with Gasteiger partial charge in [-0.2, -0.15) is 0 Å². The molecule has 1 fully saturated rings. The molecule has 8 nitrogen and oxygen atoms in total. The molecule has 0 spiro atoms. The minimum absolute atomic E-state index is 0.00846. The number of rotatable bonds is 6. The normalized spacial score (nSPS) is 15.3. The first-order valence-corrected chi connectivity index (χ1v) is 8.70. The number of carbonyl (C=O) groups is 3. The molecule has 1 heterocycles. The standard InChI is InChI=1S/C21H20N2O6/c1-27-15-6-4-13(5-7-15)12-23-20(25)17(19(24)22-21(23)26)11-14-10-16(28-2)8-9-18(14)29-3/h4-11H,12H2,1-3H3,(H,22,24,26). The smallest absolute Gasteiger partial charge is 0.331 e. The number of amides is 4. The van der Waals surface area contributed by atoms with Crippen molar-refractivity contribution in [2.45, 2.75) is 6.54 Å². The monoisotopic (exact) mass is 396 g/mol. The molecule has 0 bridgehead atoms. The van der Waals surface area contributed by atoms with Gasteiger partial charge >= 0.3 is 6.03 Å². The highest BCUT2D eigenvalue weighted by atomic mass is 16.5. The molecule has 1 aliphatic rings. The number of carbonyl (C=O) groups excluding carboxylic acids is 3. The van der Waals surface area contributed by atoms with E-state index < -0.39 is 17.8 Å². The highest BCUT2D eigenvalue weighted by Crippen LogP contribution is 2.27. The molecule has 0 atom stereocenters. The number of nitrogens with zero attached hydrogens (tertiary/aromatic N) is 1. The quantitative estimate of drug-likeness (QED) is 0.595. The molecule has 1 aliphatic heterocycles. The van der Waals surface area contributed by atoms with Crippen LogP contribution in [0, 0.1) is 0 Å². The molecule has 4 amide bonds. The minimum Gasteiger partial charge on any atom is -0.497 e. The number of imide groups is 2. The molecule has 1 N–H and O–H groups in total. The predicted molar refractivity (Wildman–Crippen MR) is 105 cm³/mol. The van der Waals surface area contributed by atoms with Crippen LogP contribution < -0.4 is 19.5 Å². The molecule has 150 valence electrons. The summed E-state index contributed by atoms with van der Waals surface area (Å²) in [5.41, 5.74) is 1.01. The van der Waals surface area contributed by atoms with Crippen molar-refractivity contribution in [3.63, 3.8) is 0 Å². The van der Waals surface area contributed by atoms with Gasteiger partial charge < -0.3 is 14.2 Å². The number of nitrogens with one attached hydrogen (secondary N) is 1. The number of hydrogen-bond acceptors (Lipinski definition) is 6. The molecule has 0 radical (unpaired) electrons. The molecule has 1 saturated heterocycles. The van der Waals surface area contributed by atoms with Gasteiger partial charge in [-0.3, -0.25) is 19.8 Å². The molecular weight excluding hydrogens is 376 g/mol. The molecule has 8 heteroatoms. The van der Waals surface area contributed by atoms with Crippen LogP contribution >= 0.6 is 0 Å². The van der Waals surface area contributed by atoms with E-state index in [0.717, 1.165) is 4.90 Å². The van der Waals surface area contributed by atoms with Crippen LogP contribution in [0.5, 0.6) is 17.2 Å². The molecule has 2 aromatic rings. The average molecular weight is 396 g/mol. The Labute approximate surface area is 167 Å². The van der Waals surface area contributed by atoms with Crippen LogP contribution in [0.2, 0.25) is 0 Å². The third kappa shape index (κ3) is 4.21. The van der Waals surface area contributed by atoms with Gasteiger partial charge in [-0.1, -0.05) is 12.1 Å². The Bertz CT molecular complexity index is 981. The van der Waals surface area contributed by atoms with Crippen molar-refractivity contribution in [2.24, 2.45) is 0 Å². The van der Waals surface area contributed by atoms with E-state index in [-0.39, 0.29) is 12.1 Å². The van der Waals surface area contributed by atoms with Crippen molar-refractivity contribution < 1.29 is 28.6 Å². The van der Waals surface area contributed by atoms with Gasteiger partial charge in [0, 0.05) is 5.56 Å². The van der Waals surface area contributed by atoms with Gasteiger partial charge in [0.2, 0.25) is 0 Å². The maximum atomic E-state index is 12.9. The lowest BCUT2D eigenvalue weighted by Crippen LogP contribution is -2.53. The topological polar surface area (TPSA) is 94.2 Å². The van der Waals surface area contributed by atoms with Crippen molar-refractivity contribution in [1.29, 1.82) is 0 Å². The third-order valence-corrected chi connectivity index (χ3v) is 4.42. The van der Waals surface area contributed by atoms with Gasteiger partial charge in [-0.25, -0.2) is 4.79 Å². The highest BCUT2D eigenvalue weighted by molar-refractivity contribution is 6.31. The van der Waals surface area contributed by atoms with Crippen LogP contribution in [0.1, 0.15) is 11.1 Å². The number of benzene rings is 2. The lowest BCUT2D eigenvalue weighted by molar-refractivity contribution is -0.130. The second-order valence-corrected chi connectivity index (χ2v) is 6.16. The van der Waals surface area contributed by atoms with Crippen molar-refractivity contribution in [3.05, 3.63) is 59.2 Å². The zero-order valence-corrected chi connectivity index (χ0v) is 16.2. The van der Waals surface area contributed by atoms with E-state index >= 15 is 0 Å². The Hall–Kier alpha value is -3.81. The van der Waals surface area contributed by atoms with E-state index in [4.69, 9.17) is 14.2 Å². The zero-order chi connectivity index (χ0) is 21.0. The predicted octanol–water partition coefficient (Wildman–Crippen LogP) is 2.37. The van der Waals surface area contributed by atoms with Crippen LogP contribution in [0.25, 0.3) is 6.08 Å². The summed E-state index contributed by atoms with van der Waals surface area (Å²) in [4.78, 5) is 38.4. The highest BCUT2D eigenvalue weighted by Gasteiger charge is 2.35. The van der Waals surface area contributed by atoms with Crippen LogP contribution in [0.15, 0.2) is 48.0 Å². The fourth-order valence-electron chi connectivity index (χ4n) is 2.86. The van der Waals surface area contributed by atoms with Gasteiger partial charge in [-0.05, 0) is 42.0 Å². The Kier molecular flexibility index (Phi) is 5.82. The summed E-state index contributed by atoms with van der Waals surface area (Å²) in [5, 5.41) is 2.20. The van der Waals surface area contributed by atoms with Crippen molar-refractivity contribution in [3.8, 4) is 17.2 Å². The summed E-state index contributed by atoms with van der Waals surface area (Å²) < 4.78 is 15.6. The Morgan fingerprint density at radius 2 is 1.55 bits per heavy atom. The lowest BCUT2D eigenvalue weighted by Gasteiger charge is -2.26. The van der Waals surface area contributed by atoms with Gasteiger partial charge in [0.25, 0.3) is 11.8 Å². The molecule has 0 saturated carbocycles. The van der Waals surface area contributed by atoms with E-state index in [0.29, 0.717) is 28.4 Å². The molecular formula is C21H20N2O6. The maximum absolute atomic E-state index is 12.9. The molecule has 2 aromatic carbocycles. The number of methoxy groups -OCH3 is 3. The summed E-state index contributed by atoms with van der Waals surface area (Å²) in [6.07, 6.45) is 1.38. The summed E-state index contributed by atoms with van der Waals surface area (Å²) >= 11 is 0. The van der Waals surface area contributed by atoms with Gasteiger partial charge in [0.1, 0.15) is 22.8 Å². The maximum Gasteiger partial charge on any atom is 0.331 e. The second-order valence-electron chi connectivity index (χ2n) is 6.16.